The van der Waals surface area contributed by atoms with E-state index in [1.54, 1.807) is 26.8 Å². The van der Waals surface area contributed by atoms with Crippen molar-refractivity contribution in [1.29, 1.82) is 0 Å². The summed E-state index contributed by atoms with van der Waals surface area (Å²) in [6, 6.07) is 10.3. The molecule has 154 valence electrons. The topological polar surface area (TPSA) is 102 Å². The summed E-state index contributed by atoms with van der Waals surface area (Å²) in [5, 5.41) is 9.36. The minimum absolute atomic E-state index is 0.247. The minimum Gasteiger partial charge on any atom is -0.448 e. The molecule has 1 aliphatic carbocycles. The maximum Gasteiger partial charge on any atom is 0.357 e. The van der Waals surface area contributed by atoms with Crippen LogP contribution in [0.5, 0.6) is 0 Å². The highest BCUT2D eigenvalue weighted by molar-refractivity contribution is 5.98. The molecule has 8 heteroatoms. The van der Waals surface area contributed by atoms with Gasteiger partial charge in [0.25, 0.3) is 5.91 Å². The second-order valence-electron chi connectivity index (χ2n) is 8.22. The Morgan fingerprint density at radius 2 is 1.83 bits per heavy atom. The number of imide groups is 1. The average Bonchev–Trinajstić information content (AvgIpc) is 3.39. The molecule has 2 N–H and O–H groups in total. The second kappa shape index (κ2) is 8.06. The number of nitrogens with one attached hydrogen (secondary N) is 2. The summed E-state index contributed by atoms with van der Waals surface area (Å²) >= 11 is 0. The summed E-state index contributed by atoms with van der Waals surface area (Å²) in [5.41, 5.74) is 1.32. The van der Waals surface area contributed by atoms with E-state index in [9.17, 15) is 14.4 Å². The normalized spacial score (nSPS) is 14.8. The molecule has 1 heterocycles. The fourth-order valence-electron chi connectivity index (χ4n) is 2.75. The van der Waals surface area contributed by atoms with Crippen LogP contribution in [-0.2, 0) is 9.53 Å². The van der Waals surface area contributed by atoms with Crippen LogP contribution < -0.4 is 10.6 Å². The van der Waals surface area contributed by atoms with Crippen LogP contribution in [0.25, 0.3) is 5.69 Å². The fourth-order valence-corrected chi connectivity index (χ4v) is 2.75. The molecule has 0 saturated heterocycles. The molecule has 0 radical (unpaired) electrons. The average molecular weight is 398 g/mol. The van der Waals surface area contributed by atoms with Crippen molar-refractivity contribution in [3.05, 3.63) is 47.8 Å². The first-order chi connectivity index (χ1) is 13.6. The van der Waals surface area contributed by atoms with Gasteiger partial charge >= 0.3 is 12.0 Å². The van der Waals surface area contributed by atoms with Gasteiger partial charge in [-0.05, 0) is 58.7 Å². The van der Waals surface area contributed by atoms with Crippen molar-refractivity contribution in [3.63, 3.8) is 0 Å². The minimum atomic E-state index is -1.14. The maximum atomic E-state index is 12.8. The van der Waals surface area contributed by atoms with Crippen molar-refractivity contribution in [3.8, 4) is 5.69 Å². The highest BCUT2D eigenvalue weighted by Gasteiger charge is 2.30. The summed E-state index contributed by atoms with van der Waals surface area (Å²) in [6.45, 7) is 6.80. The van der Waals surface area contributed by atoms with Crippen LogP contribution in [0.1, 0.15) is 62.6 Å². The Morgan fingerprint density at radius 1 is 1.17 bits per heavy atom. The van der Waals surface area contributed by atoms with Crippen LogP contribution in [0, 0.1) is 0 Å². The highest BCUT2D eigenvalue weighted by atomic mass is 16.5. The standard InChI is InChI=1S/C21H26N4O4/c1-13(18(26)22-20(28)23-21(2,3)4)29-19(27)17-12-16(14-10-11-14)24-25(17)15-8-6-5-7-9-15/h5-9,12-14H,10-11H2,1-4H3,(H2,22,23,26,28)/t13-/m0/s1. The molecule has 1 atom stereocenters. The number of hydrogen-bond donors (Lipinski definition) is 2. The molecule has 0 aliphatic heterocycles. The Balaban J connectivity index is 1.71. The molecular formula is C21H26N4O4. The molecule has 3 amide bonds. The summed E-state index contributed by atoms with van der Waals surface area (Å²) < 4.78 is 6.85. The zero-order valence-corrected chi connectivity index (χ0v) is 17.1. The van der Waals surface area contributed by atoms with Gasteiger partial charge in [-0.25, -0.2) is 14.3 Å². The summed E-state index contributed by atoms with van der Waals surface area (Å²) in [5.74, 6) is -1.02. The first-order valence-electron chi connectivity index (χ1n) is 9.63. The number of carbonyl (C=O) groups excluding carboxylic acids is 3. The summed E-state index contributed by atoms with van der Waals surface area (Å²) in [6.07, 6.45) is 0.945. The van der Waals surface area contributed by atoms with Gasteiger partial charge in [0.15, 0.2) is 11.8 Å². The number of carbonyl (C=O) groups is 3. The number of rotatable bonds is 5. The zero-order valence-electron chi connectivity index (χ0n) is 17.1. The lowest BCUT2D eigenvalue weighted by molar-refractivity contribution is -0.127. The molecule has 2 aromatic rings. The maximum absolute atomic E-state index is 12.8. The quantitative estimate of drug-likeness (QED) is 0.754. The summed E-state index contributed by atoms with van der Waals surface area (Å²) in [4.78, 5) is 36.8. The smallest absolute Gasteiger partial charge is 0.357 e. The van der Waals surface area contributed by atoms with Gasteiger partial charge in [0.05, 0.1) is 11.4 Å². The molecule has 3 rings (SSSR count). The van der Waals surface area contributed by atoms with Crippen LogP contribution in [-0.4, -0.2) is 39.3 Å². The number of esters is 1. The van der Waals surface area contributed by atoms with E-state index in [-0.39, 0.29) is 5.69 Å². The third-order valence-corrected chi connectivity index (χ3v) is 4.31. The van der Waals surface area contributed by atoms with E-state index in [2.05, 4.69) is 15.7 Å². The largest absolute Gasteiger partial charge is 0.448 e. The molecule has 1 aliphatic rings. The van der Waals surface area contributed by atoms with E-state index in [0.717, 1.165) is 24.2 Å². The number of ether oxygens (including phenoxy) is 1. The molecule has 1 aromatic heterocycles. The van der Waals surface area contributed by atoms with Crippen LogP contribution in [0.3, 0.4) is 0 Å². The molecule has 1 fully saturated rings. The molecule has 0 bridgehead atoms. The lowest BCUT2D eigenvalue weighted by atomic mass is 10.1. The van der Waals surface area contributed by atoms with Gasteiger partial charge in [-0.15, -0.1) is 0 Å². The monoisotopic (exact) mass is 398 g/mol. The lowest BCUT2D eigenvalue weighted by Crippen LogP contribution is -2.50. The second-order valence-corrected chi connectivity index (χ2v) is 8.22. The van der Waals surface area contributed by atoms with E-state index >= 15 is 0 Å². The highest BCUT2D eigenvalue weighted by Crippen LogP contribution is 2.39. The Hall–Kier alpha value is -3.16. The Labute approximate surface area is 169 Å². The molecule has 8 nitrogen and oxygen atoms in total. The molecule has 0 unspecified atom stereocenters. The predicted octanol–water partition coefficient (Wildman–Crippen LogP) is 2.92. The Morgan fingerprint density at radius 3 is 2.41 bits per heavy atom. The van der Waals surface area contributed by atoms with Crippen molar-refractivity contribution in [2.45, 2.75) is 58.1 Å². The van der Waals surface area contributed by atoms with Gasteiger partial charge in [0.2, 0.25) is 0 Å². The Kier molecular flexibility index (Phi) is 5.72. The van der Waals surface area contributed by atoms with Crippen LogP contribution in [0.2, 0.25) is 0 Å². The molecule has 0 spiro atoms. The number of benzene rings is 1. The molecule has 29 heavy (non-hydrogen) atoms. The van der Waals surface area contributed by atoms with E-state index in [1.807, 2.05) is 30.3 Å². The van der Waals surface area contributed by atoms with Crippen molar-refractivity contribution in [2.75, 3.05) is 0 Å². The van der Waals surface area contributed by atoms with Gasteiger partial charge in [-0.1, -0.05) is 18.2 Å². The fraction of sp³-hybridized carbons (Fsp3) is 0.429. The van der Waals surface area contributed by atoms with Crippen LogP contribution in [0.15, 0.2) is 36.4 Å². The Bertz CT molecular complexity index is 911. The van der Waals surface area contributed by atoms with E-state index in [1.165, 1.54) is 11.6 Å². The number of amides is 3. The molecule has 1 aromatic carbocycles. The van der Waals surface area contributed by atoms with Gasteiger partial charge in [-0.3, -0.25) is 10.1 Å². The summed E-state index contributed by atoms with van der Waals surface area (Å²) in [7, 11) is 0. The van der Waals surface area contributed by atoms with Gasteiger partial charge in [0, 0.05) is 11.5 Å². The van der Waals surface area contributed by atoms with Gasteiger partial charge < -0.3 is 10.1 Å². The van der Waals surface area contributed by atoms with Crippen molar-refractivity contribution in [2.24, 2.45) is 0 Å². The SMILES string of the molecule is C[C@H](OC(=O)c1cc(C2CC2)nn1-c1ccccc1)C(=O)NC(=O)NC(C)(C)C. The predicted molar refractivity (Wildman–Crippen MR) is 107 cm³/mol. The van der Waals surface area contributed by atoms with Gasteiger partial charge in [0.1, 0.15) is 0 Å². The third-order valence-electron chi connectivity index (χ3n) is 4.31. The number of hydrogen-bond acceptors (Lipinski definition) is 5. The lowest BCUT2D eigenvalue weighted by Gasteiger charge is -2.21. The van der Waals surface area contributed by atoms with E-state index < -0.39 is 29.6 Å². The van der Waals surface area contributed by atoms with Crippen molar-refractivity contribution in [1.82, 2.24) is 20.4 Å². The van der Waals surface area contributed by atoms with E-state index in [4.69, 9.17) is 4.74 Å². The first-order valence-corrected chi connectivity index (χ1v) is 9.63. The molecule has 1 saturated carbocycles. The van der Waals surface area contributed by atoms with Crippen LogP contribution in [0.4, 0.5) is 4.79 Å². The number of nitrogens with zero attached hydrogens (tertiary/aromatic N) is 2. The van der Waals surface area contributed by atoms with Crippen molar-refractivity contribution < 1.29 is 19.1 Å². The number of para-hydroxylation sites is 1. The molecular weight excluding hydrogens is 372 g/mol. The first kappa shape index (κ1) is 20.6. The third kappa shape index (κ3) is 5.43. The van der Waals surface area contributed by atoms with Crippen LogP contribution >= 0.6 is 0 Å². The van der Waals surface area contributed by atoms with Gasteiger partial charge in [-0.2, -0.15) is 5.10 Å². The van der Waals surface area contributed by atoms with Crippen molar-refractivity contribution >= 4 is 17.9 Å². The zero-order chi connectivity index (χ0) is 21.2. The number of aromatic nitrogens is 2. The number of urea groups is 1. The van der Waals surface area contributed by atoms with E-state index in [0.29, 0.717) is 5.92 Å².